The number of ether oxygens (including phenoxy) is 1. The highest BCUT2D eigenvalue weighted by molar-refractivity contribution is 6.36. The van der Waals surface area contributed by atoms with E-state index in [4.69, 9.17) is 15.9 Å². The molecule has 140 valence electrons. The second-order valence-corrected chi connectivity index (χ2v) is 6.68. The molecule has 1 aliphatic rings. The average molecular weight is 360 g/mol. The molecule has 0 radical (unpaired) electrons. The third-order valence-electron chi connectivity index (χ3n) is 3.54. The zero-order chi connectivity index (χ0) is 18.7. The topological polar surface area (TPSA) is 101 Å². The Kier molecular flexibility index (Phi) is 5.83. The van der Waals surface area contributed by atoms with E-state index in [1.165, 1.54) is 0 Å². The standard InChI is InChI=1S/C15H23F3N6O/c1-14(2,20)9-24-11(7-12(23-24)15(16,17)18)10(8-19)21-22-13-5-3-4-6-25-13/h7-8,13,19,22H,3-6,9,20H2,1-2H3/b19-8?,21-10+. The van der Waals surface area contributed by atoms with E-state index < -0.39 is 17.4 Å². The number of alkyl halides is 3. The molecule has 1 aromatic rings. The van der Waals surface area contributed by atoms with Crippen LogP contribution >= 0.6 is 0 Å². The molecular weight excluding hydrogens is 337 g/mol. The molecule has 1 saturated heterocycles. The second-order valence-electron chi connectivity index (χ2n) is 6.68. The Hall–Kier alpha value is -1.94. The SMILES string of the molecule is CC(C)(N)Cn1nc(C(F)(F)F)cc1/C(C=N)=N/NC1CCCCO1. The van der Waals surface area contributed by atoms with E-state index >= 15 is 0 Å². The van der Waals surface area contributed by atoms with Crippen LogP contribution in [0.25, 0.3) is 0 Å². The molecule has 1 fully saturated rings. The van der Waals surface area contributed by atoms with Crippen molar-refractivity contribution < 1.29 is 17.9 Å². The molecule has 0 saturated carbocycles. The van der Waals surface area contributed by atoms with Crippen LogP contribution in [0.4, 0.5) is 13.2 Å². The number of rotatable bonds is 6. The normalized spacial score (nSPS) is 19.8. The number of aromatic nitrogens is 2. The van der Waals surface area contributed by atoms with E-state index in [0.29, 0.717) is 6.61 Å². The summed E-state index contributed by atoms with van der Waals surface area (Å²) in [6.45, 7) is 4.01. The number of hydrogen-bond donors (Lipinski definition) is 3. The van der Waals surface area contributed by atoms with Crippen molar-refractivity contribution in [3.05, 3.63) is 17.5 Å². The molecule has 7 nitrogen and oxygen atoms in total. The van der Waals surface area contributed by atoms with E-state index in [2.05, 4.69) is 15.6 Å². The van der Waals surface area contributed by atoms with Gasteiger partial charge in [-0.1, -0.05) is 0 Å². The number of hydrogen-bond acceptors (Lipinski definition) is 6. The van der Waals surface area contributed by atoms with Crippen molar-refractivity contribution in [3.63, 3.8) is 0 Å². The summed E-state index contributed by atoms with van der Waals surface area (Å²) in [5.41, 5.74) is 6.96. The first-order chi connectivity index (χ1) is 11.6. The summed E-state index contributed by atoms with van der Waals surface area (Å²) in [7, 11) is 0. The minimum Gasteiger partial charge on any atom is -0.357 e. The van der Waals surface area contributed by atoms with Crippen molar-refractivity contribution >= 4 is 11.9 Å². The Labute approximate surface area is 143 Å². The van der Waals surface area contributed by atoms with Gasteiger partial charge >= 0.3 is 6.18 Å². The molecule has 2 rings (SSSR count). The van der Waals surface area contributed by atoms with Crippen LogP contribution in [-0.2, 0) is 17.5 Å². The van der Waals surface area contributed by atoms with Crippen LogP contribution in [0.5, 0.6) is 0 Å². The highest BCUT2D eigenvalue weighted by Gasteiger charge is 2.36. The predicted molar refractivity (Wildman–Crippen MR) is 87.5 cm³/mol. The van der Waals surface area contributed by atoms with E-state index in [-0.39, 0.29) is 24.2 Å². The maximum atomic E-state index is 13.0. The van der Waals surface area contributed by atoms with Crippen LogP contribution in [0.2, 0.25) is 0 Å². The van der Waals surface area contributed by atoms with Crippen molar-refractivity contribution in [2.75, 3.05) is 6.61 Å². The largest absolute Gasteiger partial charge is 0.435 e. The van der Waals surface area contributed by atoms with Gasteiger partial charge in [-0.2, -0.15) is 23.4 Å². The molecule has 1 aromatic heterocycles. The molecule has 0 amide bonds. The van der Waals surface area contributed by atoms with Gasteiger partial charge in [0.1, 0.15) is 11.9 Å². The first kappa shape index (κ1) is 19.4. The highest BCUT2D eigenvalue weighted by atomic mass is 19.4. The molecule has 0 aromatic carbocycles. The van der Waals surface area contributed by atoms with Crippen molar-refractivity contribution in [3.8, 4) is 0 Å². The van der Waals surface area contributed by atoms with Crippen LogP contribution < -0.4 is 11.2 Å². The lowest BCUT2D eigenvalue weighted by molar-refractivity contribution is -0.141. The van der Waals surface area contributed by atoms with Crippen LogP contribution in [0, 0.1) is 5.41 Å². The van der Waals surface area contributed by atoms with Crippen molar-refractivity contribution in [2.45, 2.75) is 57.6 Å². The van der Waals surface area contributed by atoms with Crippen LogP contribution in [0.3, 0.4) is 0 Å². The first-order valence-corrected chi connectivity index (χ1v) is 8.00. The number of nitrogens with two attached hydrogens (primary N) is 1. The van der Waals surface area contributed by atoms with Gasteiger partial charge in [0.25, 0.3) is 0 Å². The number of nitrogens with zero attached hydrogens (tertiary/aromatic N) is 3. The third-order valence-corrected chi connectivity index (χ3v) is 3.54. The molecule has 1 atom stereocenters. The average Bonchev–Trinajstić information content (AvgIpc) is 2.91. The summed E-state index contributed by atoms with van der Waals surface area (Å²) in [6.07, 6.45) is -1.33. The van der Waals surface area contributed by atoms with Gasteiger partial charge in [-0.15, -0.1) is 0 Å². The van der Waals surface area contributed by atoms with Gasteiger partial charge in [-0.05, 0) is 39.2 Å². The fourth-order valence-corrected chi connectivity index (χ4v) is 2.42. The van der Waals surface area contributed by atoms with Gasteiger partial charge in [0, 0.05) is 18.4 Å². The molecule has 0 aliphatic carbocycles. The zero-order valence-electron chi connectivity index (χ0n) is 14.2. The summed E-state index contributed by atoms with van der Waals surface area (Å²) in [5.74, 6) is 0. The molecule has 1 unspecified atom stereocenters. The van der Waals surface area contributed by atoms with E-state index in [0.717, 1.165) is 36.2 Å². The Morgan fingerprint density at radius 3 is 2.76 bits per heavy atom. The molecule has 0 bridgehead atoms. The Bertz CT molecular complexity index is 626. The molecule has 25 heavy (non-hydrogen) atoms. The molecular formula is C15H23F3N6O. The van der Waals surface area contributed by atoms with E-state index in [1.54, 1.807) is 13.8 Å². The lowest BCUT2D eigenvalue weighted by Crippen LogP contribution is -2.38. The quantitative estimate of drug-likeness (QED) is 0.534. The van der Waals surface area contributed by atoms with Gasteiger partial charge in [0.15, 0.2) is 5.69 Å². The smallest absolute Gasteiger partial charge is 0.357 e. The summed E-state index contributed by atoms with van der Waals surface area (Å²) >= 11 is 0. The monoisotopic (exact) mass is 360 g/mol. The minimum atomic E-state index is -4.59. The molecule has 1 aliphatic heterocycles. The highest BCUT2D eigenvalue weighted by Crippen LogP contribution is 2.29. The van der Waals surface area contributed by atoms with E-state index in [1.807, 2.05) is 0 Å². The molecule has 0 spiro atoms. The Balaban J connectivity index is 2.31. The van der Waals surface area contributed by atoms with Gasteiger partial charge in [-0.25, -0.2) is 0 Å². The maximum Gasteiger partial charge on any atom is 0.435 e. The third kappa shape index (κ3) is 5.53. The van der Waals surface area contributed by atoms with Crippen molar-refractivity contribution in [1.82, 2.24) is 15.2 Å². The summed E-state index contributed by atoms with van der Waals surface area (Å²) < 4.78 is 45.7. The first-order valence-electron chi connectivity index (χ1n) is 8.00. The molecule has 10 heteroatoms. The summed E-state index contributed by atoms with van der Waals surface area (Å²) in [4.78, 5) is 0. The van der Waals surface area contributed by atoms with Crippen LogP contribution in [-0.4, -0.2) is 40.1 Å². The lowest BCUT2D eigenvalue weighted by atomic mass is 10.1. The predicted octanol–water partition coefficient (Wildman–Crippen LogP) is 2.11. The van der Waals surface area contributed by atoms with Gasteiger partial charge in [-0.3, -0.25) is 10.1 Å². The van der Waals surface area contributed by atoms with E-state index in [9.17, 15) is 13.2 Å². The lowest BCUT2D eigenvalue weighted by Gasteiger charge is -2.22. The number of nitrogens with one attached hydrogen (secondary N) is 2. The Morgan fingerprint density at radius 1 is 1.52 bits per heavy atom. The zero-order valence-corrected chi connectivity index (χ0v) is 14.2. The van der Waals surface area contributed by atoms with Crippen LogP contribution in [0.15, 0.2) is 11.2 Å². The molecule has 2 heterocycles. The van der Waals surface area contributed by atoms with Gasteiger partial charge < -0.3 is 15.9 Å². The van der Waals surface area contributed by atoms with Gasteiger partial charge in [0.2, 0.25) is 0 Å². The summed E-state index contributed by atoms with van der Waals surface area (Å²) in [5, 5.41) is 15.2. The second kappa shape index (κ2) is 7.52. The number of hydrazone groups is 1. The van der Waals surface area contributed by atoms with Crippen LogP contribution in [0.1, 0.15) is 44.5 Å². The number of halogens is 3. The summed E-state index contributed by atoms with van der Waals surface area (Å²) in [6, 6.07) is 0.874. The van der Waals surface area contributed by atoms with Crippen molar-refractivity contribution in [2.24, 2.45) is 10.8 Å². The molecule has 4 N–H and O–H groups in total. The fourth-order valence-electron chi connectivity index (χ4n) is 2.42. The van der Waals surface area contributed by atoms with Crippen molar-refractivity contribution in [1.29, 1.82) is 5.41 Å². The Morgan fingerprint density at radius 2 is 2.24 bits per heavy atom. The maximum absolute atomic E-state index is 13.0. The van der Waals surface area contributed by atoms with Gasteiger partial charge in [0.05, 0.1) is 12.2 Å². The minimum absolute atomic E-state index is 0.0291. The fraction of sp³-hybridized carbons (Fsp3) is 0.667.